The predicted octanol–water partition coefficient (Wildman–Crippen LogP) is -1.77. The Kier molecular flexibility index (Phi) is 5.20. The number of aromatic nitrogens is 6. The van der Waals surface area contributed by atoms with Crippen LogP contribution >= 0.6 is 0 Å². The third-order valence-corrected chi connectivity index (χ3v) is 2.29. The number of nitrogens with zero attached hydrogens (tertiary/aromatic N) is 4. The maximum Gasteiger partial charge on any atom is 0.321 e. The predicted molar refractivity (Wildman–Crippen MR) is 72.8 cm³/mol. The molecule has 118 valence electrons. The van der Waals surface area contributed by atoms with Crippen molar-refractivity contribution in [2.75, 3.05) is 23.7 Å². The molecule has 0 unspecified atom stereocenters. The quantitative estimate of drug-likeness (QED) is 0.329. The zero-order valence-electron chi connectivity index (χ0n) is 11.2. The van der Waals surface area contributed by atoms with Gasteiger partial charge in [-0.25, -0.2) is 9.59 Å². The van der Waals surface area contributed by atoms with E-state index in [1.54, 1.807) is 0 Å². The van der Waals surface area contributed by atoms with Gasteiger partial charge in [0.25, 0.3) is 0 Å². The van der Waals surface area contributed by atoms with Crippen LogP contribution in [-0.2, 0) is 0 Å². The van der Waals surface area contributed by atoms with Gasteiger partial charge in [0.15, 0.2) is 0 Å². The molecule has 0 bridgehead atoms. The number of carbonyl (C=O) groups is 2. The second kappa shape index (κ2) is 7.53. The number of nitrogens with one attached hydrogen (secondary N) is 6. The lowest BCUT2D eigenvalue weighted by Gasteiger charge is -2.12. The van der Waals surface area contributed by atoms with Gasteiger partial charge in [0, 0.05) is 13.1 Å². The van der Waals surface area contributed by atoms with Crippen molar-refractivity contribution >= 4 is 24.0 Å². The molecule has 2 aromatic rings. The zero-order valence-corrected chi connectivity index (χ0v) is 11.2. The second-order valence-corrected chi connectivity index (χ2v) is 4.00. The fourth-order valence-electron chi connectivity index (χ4n) is 1.33. The smallest absolute Gasteiger partial charge is 0.321 e. The van der Waals surface area contributed by atoms with Gasteiger partial charge in [-0.1, -0.05) is 0 Å². The number of hydrogen-bond acceptors (Lipinski definition) is 7. The van der Waals surface area contributed by atoms with Crippen molar-refractivity contribution in [3.05, 3.63) is 12.7 Å². The van der Waals surface area contributed by atoms with Crippen LogP contribution in [0, 0.1) is 0 Å². The number of hydrogen-bond donors (Lipinski definition) is 7. The highest BCUT2D eigenvalue weighted by Gasteiger charge is 2.10. The second-order valence-electron chi connectivity index (χ2n) is 4.00. The maximum absolute atomic E-state index is 11.4. The lowest BCUT2D eigenvalue weighted by Crippen LogP contribution is -2.42. The molecule has 2 aromatic heterocycles. The number of aromatic amines is 2. The van der Waals surface area contributed by atoms with E-state index >= 15 is 0 Å². The van der Waals surface area contributed by atoms with Crippen molar-refractivity contribution < 1.29 is 14.7 Å². The highest BCUT2D eigenvalue weighted by atomic mass is 16.3. The standard InChI is InChI=1S/C9H14N10O3/c20-5(1-10-8(21)16-6-12-3-14-18-6)2-11-9(22)17-7-13-4-15-19-7/h3-5,20H,1-2H2,(H3,10,12,14,16,18,21)(H3,11,13,15,17,19,22). The normalized spacial score (nSPS) is 10.3. The fraction of sp³-hybridized carbons (Fsp3) is 0.333. The summed E-state index contributed by atoms with van der Waals surface area (Å²) in [6.45, 7) is -0.134. The summed E-state index contributed by atoms with van der Waals surface area (Å²) in [7, 11) is 0. The van der Waals surface area contributed by atoms with Gasteiger partial charge in [-0.2, -0.15) is 0 Å². The summed E-state index contributed by atoms with van der Waals surface area (Å²) in [5.41, 5.74) is 0. The van der Waals surface area contributed by atoms with Crippen molar-refractivity contribution in [2.24, 2.45) is 0 Å². The van der Waals surface area contributed by atoms with Crippen LogP contribution in [0.5, 0.6) is 0 Å². The molecule has 0 aliphatic rings. The highest BCUT2D eigenvalue weighted by Crippen LogP contribution is 1.92. The molecule has 0 fully saturated rings. The SMILES string of the molecule is O=C(NCC(O)CNC(=O)Nc1nnc[nH]1)Nc1nnc[nH]1. The molecule has 7 N–H and O–H groups in total. The molecule has 13 nitrogen and oxygen atoms in total. The fourth-order valence-corrected chi connectivity index (χ4v) is 1.33. The Labute approximate surface area is 123 Å². The molecule has 0 spiro atoms. The summed E-state index contributed by atoms with van der Waals surface area (Å²) in [6, 6.07) is -1.14. The van der Waals surface area contributed by atoms with E-state index < -0.39 is 18.2 Å². The Morgan fingerprint density at radius 2 is 1.45 bits per heavy atom. The summed E-state index contributed by atoms with van der Waals surface area (Å²) in [5.74, 6) is 0.355. The minimum Gasteiger partial charge on any atom is -0.389 e. The molecule has 0 aliphatic carbocycles. The van der Waals surface area contributed by atoms with Gasteiger partial charge in [-0.3, -0.25) is 10.6 Å². The van der Waals surface area contributed by atoms with E-state index in [4.69, 9.17) is 0 Å². The number of aliphatic hydroxyl groups is 1. The van der Waals surface area contributed by atoms with E-state index in [1.807, 2.05) is 0 Å². The maximum atomic E-state index is 11.4. The number of aliphatic hydroxyl groups excluding tert-OH is 1. The molecule has 4 amide bonds. The van der Waals surface area contributed by atoms with Crippen LogP contribution in [0.1, 0.15) is 0 Å². The van der Waals surface area contributed by atoms with Crippen molar-refractivity contribution in [2.45, 2.75) is 6.10 Å². The molecule has 0 aromatic carbocycles. The van der Waals surface area contributed by atoms with E-state index in [0.29, 0.717) is 0 Å². The molecule has 0 saturated heterocycles. The van der Waals surface area contributed by atoms with Crippen molar-refractivity contribution in [3.8, 4) is 0 Å². The van der Waals surface area contributed by atoms with Gasteiger partial charge in [0.05, 0.1) is 6.10 Å². The summed E-state index contributed by atoms with van der Waals surface area (Å²) < 4.78 is 0. The first kappa shape index (κ1) is 15.2. The number of anilines is 2. The molecule has 13 heteroatoms. The Morgan fingerprint density at radius 3 is 1.82 bits per heavy atom. The number of H-pyrrole nitrogens is 2. The van der Waals surface area contributed by atoms with Crippen LogP contribution in [-0.4, -0.2) is 66.7 Å². The summed E-state index contributed by atoms with van der Waals surface area (Å²) >= 11 is 0. The van der Waals surface area contributed by atoms with E-state index in [2.05, 4.69) is 51.6 Å². The third-order valence-electron chi connectivity index (χ3n) is 2.29. The number of rotatable bonds is 6. The number of carbonyl (C=O) groups excluding carboxylic acids is 2. The van der Waals surface area contributed by atoms with Gasteiger partial charge in [0.2, 0.25) is 11.9 Å². The minimum atomic E-state index is -0.971. The largest absolute Gasteiger partial charge is 0.389 e. The van der Waals surface area contributed by atoms with Crippen LogP contribution in [0.25, 0.3) is 0 Å². The Bertz CT molecular complexity index is 531. The lowest BCUT2D eigenvalue weighted by atomic mass is 10.3. The first-order valence-electron chi connectivity index (χ1n) is 6.13. The molecule has 0 aliphatic heterocycles. The number of urea groups is 2. The van der Waals surface area contributed by atoms with E-state index in [1.165, 1.54) is 12.7 Å². The Balaban J connectivity index is 1.60. The average Bonchev–Trinajstić information content (AvgIpc) is 3.16. The van der Waals surface area contributed by atoms with Crippen LogP contribution in [0.3, 0.4) is 0 Å². The molecule has 0 saturated carbocycles. The first-order chi connectivity index (χ1) is 10.6. The highest BCUT2D eigenvalue weighted by molar-refractivity contribution is 5.87. The van der Waals surface area contributed by atoms with E-state index in [9.17, 15) is 14.7 Å². The van der Waals surface area contributed by atoms with Crippen molar-refractivity contribution in [1.29, 1.82) is 0 Å². The molecule has 22 heavy (non-hydrogen) atoms. The van der Waals surface area contributed by atoms with Crippen molar-refractivity contribution in [3.63, 3.8) is 0 Å². The van der Waals surface area contributed by atoms with E-state index in [0.717, 1.165) is 0 Å². The van der Waals surface area contributed by atoms with Crippen LogP contribution in [0.4, 0.5) is 21.5 Å². The molecule has 0 atom stereocenters. The molecular weight excluding hydrogens is 296 g/mol. The Morgan fingerprint density at radius 1 is 1.00 bits per heavy atom. The molecular formula is C9H14N10O3. The molecule has 2 rings (SSSR count). The van der Waals surface area contributed by atoms with Crippen LogP contribution in [0.2, 0.25) is 0 Å². The summed E-state index contributed by atoms with van der Waals surface area (Å²) in [4.78, 5) is 28.0. The summed E-state index contributed by atoms with van der Waals surface area (Å²) in [5, 5.41) is 33.3. The third kappa shape index (κ3) is 5.04. The van der Waals surface area contributed by atoms with Gasteiger partial charge >= 0.3 is 12.1 Å². The van der Waals surface area contributed by atoms with E-state index in [-0.39, 0.29) is 25.0 Å². The van der Waals surface area contributed by atoms with Crippen molar-refractivity contribution in [1.82, 2.24) is 41.0 Å². The monoisotopic (exact) mass is 310 g/mol. The minimum absolute atomic E-state index is 0.0669. The van der Waals surface area contributed by atoms with Gasteiger partial charge in [-0.15, -0.1) is 20.4 Å². The number of amides is 4. The average molecular weight is 310 g/mol. The van der Waals surface area contributed by atoms with Crippen LogP contribution in [0.15, 0.2) is 12.7 Å². The lowest BCUT2D eigenvalue weighted by molar-refractivity contribution is 0.170. The van der Waals surface area contributed by atoms with Crippen LogP contribution < -0.4 is 21.3 Å². The molecule has 0 radical (unpaired) electrons. The Hall–Kier alpha value is -3.22. The topological polar surface area (TPSA) is 186 Å². The zero-order chi connectivity index (χ0) is 15.8. The van der Waals surface area contributed by atoms with Gasteiger partial charge in [0.1, 0.15) is 12.7 Å². The van der Waals surface area contributed by atoms with Gasteiger partial charge < -0.3 is 25.7 Å². The van der Waals surface area contributed by atoms with Gasteiger partial charge in [-0.05, 0) is 0 Å². The first-order valence-corrected chi connectivity index (χ1v) is 6.13. The molecule has 2 heterocycles. The summed E-state index contributed by atoms with van der Waals surface area (Å²) in [6.07, 6.45) is 1.64.